The Kier molecular flexibility index (Phi) is 7.50. The number of furan rings is 1. The summed E-state index contributed by atoms with van der Waals surface area (Å²) < 4.78 is 10.9. The van der Waals surface area contributed by atoms with Gasteiger partial charge in [-0.15, -0.1) is 0 Å². The van der Waals surface area contributed by atoms with Crippen LogP contribution in [-0.4, -0.2) is 61.6 Å². The average molecular weight is 550 g/mol. The molecule has 0 bridgehead atoms. The Labute approximate surface area is 229 Å². The molecule has 2 aliphatic heterocycles. The van der Waals surface area contributed by atoms with E-state index in [9.17, 15) is 9.59 Å². The third kappa shape index (κ3) is 5.45. The van der Waals surface area contributed by atoms with Crippen LogP contribution in [0.5, 0.6) is 5.75 Å². The largest absolute Gasteiger partial charge is 0.497 e. The molecule has 0 atom stereocenters. The molecule has 1 aromatic heterocycles. The fourth-order valence-electron chi connectivity index (χ4n) is 4.02. The highest BCUT2D eigenvalue weighted by Gasteiger charge is 2.39. The number of amides is 2. The van der Waals surface area contributed by atoms with Gasteiger partial charge in [-0.1, -0.05) is 17.8 Å². The lowest BCUT2D eigenvalue weighted by Crippen LogP contribution is -2.29. The number of ether oxygens (including phenoxy) is 1. The number of carbonyl (C=O) groups excluding carboxylic acids is 2. The summed E-state index contributed by atoms with van der Waals surface area (Å²) in [5.41, 5.74) is 2.24. The summed E-state index contributed by atoms with van der Waals surface area (Å²) in [4.78, 5) is 37.9. The lowest BCUT2D eigenvalue weighted by atomic mass is 10.3. The minimum absolute atomic E-state index is 0.117. The van der Waals surface area contributed by atoms with Crippen LogP contribution in [0.4, 0.5) is 17.1 Å². The minimum atomic E-state index is -0.144. The number of aliphatic imine (C=N–C) groups is 1. The second-order valence-corrected chi connectivity index (χ2v) is 10.9. The first-order valence-corrected chi connectivity index (χ1v) is 13.4. The summed E-state index contributed by atoms with van der Waals surface area (Å²) in [7, 11) is 7.26. The number of benzene rings is 2. The van der Waals surface area contributed by atoms with Gasteiger partial charge in [0.1, 0.15) is 16.4 Å². The van der Waals surface area contributed by atoms with Gasteiger partial charge in [0.25, 0.3) is 5.91 Å². The standard InChI is InChI=1S/C27H27N5O4S2/c1-30(2)16-23(33)28-17-7-5-8-18(13-17)29-27-32(15-20-9-6-12-36-20)25(34)24(38-27)26-31(3)21-14-19(35-4)10-11-22(21)37-26/h5-14H,15-16H2,1-4H3,(H,28,33). The number of amidine groups is 1. The number of hydrogen-bond donors (Lipinski definition) is 1. The van der Waals surface area contributed by atoms with E-state index in [1.165, 1.54) is 11.8 Å². The second kappa shape index (κ2) is 11.0. The van der Waals surface area contributed by atoms with Gasteiger partial charge in [-0.05, 0) is 68.3 Å². The minimum Gasteiger partial charge on any atom is -0.497 e. The number of carbonyl (C=O) groups is 2. The predicted octanol–water partition coefficient (Wildman–Crippen LogP) is 4.96. The van der Waals surface area contributed by atoms with Crippen molar-refractivity contribution < 1.29 is 18.7 Å². The third-order valence-electron chi connectivity index (χ3n) is 5.81. The SMILES string of the molecule is COc1ccc2c(c1)N(C)C(=C1SC(=Nc3cccc(NC(=O)CN(C)C)c3)N(Cc3ccco3)C1=O)S2. The van der Waals surface area contributed by atoms with Crippen LogP contribution < -0.4 is 15.0 Å². The number of methoxy groups -OCH3 is 1. The van der Waals surface area contributed by atoms with Gasteiger partial charge in [-0.2, -0.15) is 0 Å². The van der Waals surface area contributed by atoms with Crippen LogP contribution in [-0.2, 0) is 16.1 Å². The molecule has 1 N–H and O–H groups in total. The monoisotopic (exact) mass is 549 g/mol. The van der Waals surface area contributed by atoms with E-state index in [0.29, 0.717) is 27.2 Å². The highest BCUT2D eigenvalue weighted by atomic mass is 32.2. The van der Waals surface area contributed by atoms with Crippen LogP contribution in [0, 0.1) is 0 Å². The number of rotatable bonds is 7. The number of nitrogens with zero attached hydrogens (tertiary/aromatic N) is 4. The normalized spacial score (nSPS) is 18.0. The zero-order valence-corrected chi connectivity index (χ0v) is 23.1. The Morgan fingerprint density at radius 2 is 1.97 bits per heavy atom. The van der Waals surface area contributed by atoms with Crippen molar-refractivity contribution in [2.24, 2.45) is 4.99 Å². The van der Waals surface area contributed by atoms with Crippen molar-refractivity contribution in [1.29, 1.82) is 0 Å². The number of fused-ring (bicyclic) bond motifs is 1. The van der Waals surface area contributed by atoms with Crippen LogP contribution in [0.15, 0.2) is 85.1 Å². The van der Waals surface area contributed by atoms with Gasteiger partial charge >= 0.3 is 0 Å². The fourth-order valence-corrected chi connectivity index (χ4v) is 6.34. The van der Waals surface area contributed by atoms with Gasteiger partial charge in [0.2, 0.25) is 5.91 Å². The van der Waals surface area contributed by atoms with E-state index in [-0.39, 0.29) is 24.9 Å². The number of hydrogen-bond acceptors (Lipinski definition) is 9. The molecule has 38 heavy (non-hydrogen) atoms. The summed E-state index contributed by atoms with van der Waals surface area (Å²) in [5, 5.41) is 4.26. The lowest BCUT2D eigenvalue weighted by Gasteiger charge is -2.16. The Morgan fingerprint density at radius 1 is 1.13 bits per heavy atom. The molecule has 2 aliphatic rings. The van der Waals surface area contributed by atoms with Crippen LogP contribution >= 0.6 is 23.5 Å². The first-order valence-electron chi connectivity index (χ1n) is 11.8. The summed E-state index contributed by atoms with van der Waals surface area (Å²) in [6.07, 6.45) is 1.59. The Morgan fingerprint density at radius 3 is 2.71 bits per heavy atom. The maximum absolute atomic E-state index is 13.8. The molecule has 2 aromatic carbocycles. The Bertz CT molecular complexity index is 1430. The lowest BCUT2D eigenvalue weighted by molar-refractivity contribution is -0.123. The van der Waals surface area contributed by atoms with Gasteiger partial charge in [0, 0.05) is 23.7 Å². The average Bonchev–Trinajstić information content (AvgIpc) is 3.59. The highest BCUT2D eigenvalue weighted by Crippen LogP contribution is 2.51. The Hall–Kier alpha value is -3.67. The quantitative estimate of drug-likeness (QED) is 0.414. The number of thioether (sulfide) groups is 2. The molecule has 1 saturated heterocycles. The molecule has 3 aromatic rings. The zero-order chi connectivity index (χ0) is 26.8. The zero-order valence-electron chi connectivity index (χ0n) is 21.4. The summed E-state index contributed by atoms with van der Waals surface area (Å²) >= 11 is 2.88. The van der Waals surface area contributed by atoms with E-state index in [4.69, 9.17) is 14.1 Å². The number of likely N-dealkylation sites (N-methyl/N-ethyl adjacent to an activating group) is 1. The molecular formula is C27H27N5O4S2. The van der Waals surface area contributed by atoms with Crippen LogP contribution in [0.2, 0.25) is 0 Å². The molecule has 0 unspecified atom stereocenters. The Balaban J connectivity index is 1.48. The molecule has 1 fully saturated rings. The van der Waals surface area contributed by atoms with Crippen molar-refractivity contribution in [3.05, 3.63) is 76.6 Å². The maximum atomic E-state index is 13.8. The summed E-state index contributed by atoms with van der Waals surface area (Å²) in [6, 6.07) is 16.8. The van der Waals surface area contributed by atoms with Crippen molar-refractivity contribution in [1.82, 2.24) is 9.80 Å². The van der Waals surface area contributed by atoms with Crippen LogP contribution in [0.1, 0.15) is 5.76 Å². The van der Waals surface area contributed by atoms with Crippen molar-refractivity contribution in [2.45, 2.75) is 11.4 Å². The van der Waals surface area contributed by atoms with E-state index >= 15 is 0 Å². The van der Waals surface area contributed by atoms with Crippen LogP contribution in [0.3, 0.4) is 0 Å². The van der Waals surface area contributed by atoms with Gasteiger partial charge in [0.15, 0.2) is 5.17 Å². The predicted molar refractivity (Wildman–Crippen MR) is 152 cm³/mol. The molecule has 2 amide bonds. The molecule has 0 saturated carbocycles. The molecule has 3 heterocycles. The molecule has 5 rings (SSSR count). The topological polar surface area (TPSA) is 90.6 Å². The molecular weight excluding hydrogens is 522 g/mol. The van der Waals surface area contributed by atoms with Gasteiger partial charge in [0.05, 0.1) is 42.9 Å². The molecule has 9 nitrogen and oxygen atoms in total. The van der Waals surface area contributed by atoms with Crippen molar-refractivity contribution in [2.75, 3.05) is 45.0 Å². The van der Waals surface area contributed by atoms with Crippen molar-refractivity contribution in [3.63, 3.8) is 0 Å². The summed E-state index contributed by atoms with van der Waals surface area (Å²) in [5.74, 6) is 1.15. The highest BCUT2D eigenvalue weighted by molar-refractivity contribution is 8.19. The smallest absolute Gasteiger partial charge is 0.269 e. The molecule has 0 radical (unpaired) electrons. The van der Waals surface area contributed by atoms with Gasteiger partial charge < -0.3 is 24.3 Å². The first kappa shape index (κ1) is 26.0. The van der Waals surface area contributed by atoms with E-state index in [0.717, 1.165) is 21.4 Å². The number of nitrogens with one attached hydrogen (secondary N) is 1. The van der Waals surface area contributed by atoms with E-state index in [1.54, 1.807) is 47.1 Å². The van der Waals surface area contributed by atoms with Crippen LogP contribution in [0.25, 0.3) is 0 Å². The fraction of sp³-hybridized carbons (Fsp3) is 0.222. The molecule has 196 valence electrons. The first-order chi connectivity index (χ1) is 18.3. The van der Waals surface area contributed by atoms with Gasteiger partial charge in [-0.25, -0.2) is 4.99 Å². The molecule has 11 heteroatoms. The van der Waals surface area contributed by atoms with E-state index < -0.39 is 0 Å². The number of anilines is 2. The molecule has 0 aliphatic carbocycles. The van der Waals surface area contributed by atoms with Crippen molar-refractivity contribution >= 4 is 57.6 Å². The van der Waals surface area contributed by atoms with Gasteiger partial charge in [-0.3, -0.25) is 14.5 Å². The third-order valence-corrected chi connectivity index (χ3v) is 8.24. The molecule has 0 spiro atoms. The van der Waals surface area contributed by atoms with E-state index in [2.05, 4.69) is 5.32 Å². The second-order valence-electron chi connectivity index (χ2n) is 8.93. The summed E-state index contributed by atoms with van der Waals surface area (Å²) in [6.45, 7) is 0.527. The van der Waals surface area contributed by atoms with Crippen molar-refractivity contribution in [3.8, 4) is 5.75 Å². The van der Waals surface area contributed by atoms with E-state index in [1.807, 2.05) is 68.5 Å². The maximum Gasteiger partial charge on any atom is 0.269 e.